The van der Waals surface area contributed by atoms with Crippen molar-refractivity contribution in [2.45, 2.75) is 6.92 Å². The van der Waals surface area contributed by atoms with Crippen LogP contribution in [-0.2, 0) is 4.74 Å². The molecule has 1 aromatic heterocycles. The Hall–Kier alpha value is -3.36. The number of ether oxygens (including phenoxy) is 3. The number of aryl methyl sites for hydroxylation is 1. The van der Waals surface area contributed by atoms with Crippen LogP contribution in [0.2, 0.25) is 0 Å². The van der Waals surface area contributed by atoms with Gasteiger partial charge in [0.1, 0.15) is 22.8 Å². The maximum atomic E-state index is 12.9. The number of rotatable bonds is 7. The average Bonchev–Trinajstić information content (AvgIpc) is 2.82. The summed E-state index contributed by atoms with van der Waals surface area (Å²) in [5.74, 6) is 1.37. The highest BCUT2D eigenvalue weighted by Gasteiger charge is 2.15. The first-order chi connectivity index (χ1) is 15.5. The van der Waals surface area contributed by atoms with Gasteiger partial charge in [0.15, 0.2) is 0 Å². The zero-order valence-corrected chi connectivity index (χ0v) is 18.2. The van der Waals surface area contributed by atoms with Gasteiger partial charge < -0.3 is 23.9 Å². The summed E-state index contributed by atoms with van der Waals surface area (Å²) in [6.07, 6.45) is 0. The third kappa shape index (κ3) is 4.92. The number of morpholine rings is 1. The van der Waals surface area contributed by atoms with E-state index < -0.39 is 0 Å². The second-order valence-corrected chi connectivity index (χ2v) is 7.51. The monoisotopic (exact) mass is 438 g/mol. The van der Waals surface area contributed by atoms with Crippen LogP contribution in [0.1, 0.15) is 16.1 Å². The molecule has 8 heteroatoms. The topological polar surface area (TPSA) is 90.2 Å². The summed E-state index contributed by atoms with van der Waals surface area (Å²) >= 11 is 0. The first-order valence-corrected chi connectivity index (χ1v) is 10.5. The van der Waals surface area contributed by atoms with Crippen molar-refractivity contribution in [2.24, 2.45) is 0 Å². The highest BCUT2D eigenvalue weighted by molar-refractivity contribution is 5.94. The van der Waals surface area contributed by atoms with E-state index in [4.69, 9.17) is 18.6 Å². The highest BCUT2D eigenvalue weighted by Crippen LogP contribution is 2.27. The molecule has 0 saturated carbocycles. The number of hydrogen-bond donors (Lipinski definition) is 1. The summed E-state index contributed by atoms with van der Waals surface area (Å²) in [6.45, 7) is 6.27. The van der Waals surface area contributed by atoms with E-state index in [1.54, 1.807) is 56.5 Å². The molecule has 1 aliphatic rings. The SMILES string of the molecule is COc1ccc2c(=O)c(Oc3ccc(C(=O)NCCN4CCOCC4)cc3)c(C)oc2c1. The Labute approximate surface area is 185 Å². The van der Waals surface area contributed by atoms with Crippen LogP contribution >= 0.6 is 0 Å². The Bertz CT molecular complexity index is 1150. The van der Waals surface area contributed by atoms with Crippen LogP contribution in [0.15, 0.2) is 51.7 Å². The Morgan fingerprint density at radius 2 is 1.81 bits per heavy atom. The van der Waals surface area contributed by atoms with Crippen molar-refractivity contribution in [3.8, 4) is 17.2 Å². The third-order valence-corrected chi connectivity index (χ3v) is 5.38. The van der Waals surface area contributed by atoms with E-state index in [2.05, 4.69) is 10.2 Å². The van der Waals surface area contributed by atoms with Crippen molar-refractivity contribution < 1.29 is 23.4 Å². The molecule has 32 heavy (non-hydrogen) atoms. The lowest BCUT2D eigenvalue weighted by molar-refractivity contribution is 0.0383. The molecular formula is C24H26N2O6. The predicted octanol–water partition coefficient (Wildman–Crippen LogP) is 2.96. The summed E-state index contributed by atoms with van der Waals surface area (Å²) in [5.41, 5.74) is 0.688. The third-order valence-electron chi connectivity index (χ3n) is 5.38. The molecule has 0 radical (unpaired) electrons. The molecule has 2 heterocycles. The van der Waals surface area contributed by atoms with Crippen LogP contribution in [0, 0.1) is 6.92 Å². The number of nitrogens with zero attached hydrogens (tertiary/aromatic N) is 1. The molecule has 0 aliphatic carbocycles. The molecule has 8 nitrogen and oxygen atoms in total. The second kappa shape index (κ2) is 9.84. The van der Waals surface area contributed by atoms with Gasteiger partial charge in [-0.3, -0.25) is 14.5 Å². The van der Waals surface area contributed by atoms with E-state index >= 15 is 0 Å². The van der Waals surface area contributed by atoms with Crippen LogP contribution < -0.4 is 20.2 Å². The Morgan fingerprint density at radius 3 is 2.53 bits per heavy atom. The fourth-order valence-corrected chi connectivity index (χ4v) is 3.56. The number of fused-ring (bicyclic) bond motifs is 1. The largest absolute Gasteiger partial charge is 0.497 e. The van der Waals surface area contributed by atoms with Crippen LogP contribution in [0.4, 0.5) is 0 Å². The van der Waals surface area contributed by atoms with E-state index in [9.17, 15) is 9.59 Å². The molecule has 1 N–H and O–H groups in total. The van der Waals surface area contributed by atoms with E-state index in [0.717, 1.165) is 32.8 Å². The van der Waals surface area contributed by atoms with Gasteiger partial charge in [-0.1, -0.05) is 0 Å². The normalized spacial score (nSPS) is 14.3. The van der Waals surface area contributed by atoms with Gasteiger partial charge in [-0.05, 0) is 43.3 Å². The zero-order chi connectivity index (χ0) is 22.5. The minimum atomic E-state index is -0.267. The van der Waals surface area contributed by atoms with E-state index in [0.29, 0.717) is 40.3 Å². The van der Waals surface area contributed by atoms with Gasteiger partial charge in [-0.15, -0.1) is 0 Å². The van der Waals surface area contributed by atoms with Crippen LogP contribution in [0.25, 0.3) is 11.0 Å². The molecule has 1 fully saturated rings. The van der Waals surface area contributed by atoms with E-state index in [1.807, 2.05) is 0 Å². The van der Waals surface area contributed by atoms with Crippen molar-refractivity contribution in [2.75, 3.05) is 46.5 Å². The molecule has 0 unspecified atom stereocenters. The van der Waals surface area contributed by atoms with Gasteiger partial charge in [0, 0.05) is 37.8 Å². The standard InChI is InChI=1S/C24H26N2O6/c1-16-23(22(27)20-8-7-19(29-2)15-21(20)31-16)32-18-5-3-17(4-6-18)24(28)25-9-10-26-11-13-30-14-12-26/h3-8,15H,9-14H2,1-2H3,(H,25,28). The number of nitrogens with one attached hydrogen (secondary N) is 1. The van der Waals surface area contributed by atoms with Gasteiger partial charge in [-0.25, -0.2) is 0 Å². The predicted molar refractivity (Wildman–Crippen MR) is 120 cm³/mol. The number of hydrogen-bond acceptors (Lipinski definition) is 7. The Kier molecular flexibility index (Phi) is 6.72. The molecule has 1 aliphatic heterocycles. The summed E-state index contributed by atoms with van der Waals surface area (Å²) in [7, 11) is 1.55. The highest BCUT2D eigenvalue weighted by atomic mass is 16.5. The maximum absolute atomic E-state index is 12.9. The van der Waals surface area contributed by atoms with Crippen molar-refractivity contribution in [3.05, 3.63) is 64.0 Å². The molecular weight excluding hydrogens is 412 g/mol. The summed E-state index contributed by atoms with van der Waals surface area (Å²) < 4.78 is 22.1. The van der Waals surface area contributed by atoms with Crippen LogP contribution in [0.3, 0.4) is 0 Å². The molecule has 2 aromatic carbocycles. The fraction of sp³-hybridized carbons (Fsp3) is 0.333. The quantitative estimate of drug-likeness (QED) is 0.607. The number of carbonyl (C=O) groups excluding carboxylic acids is 1. The van der Waals surface area contributed by atoms with E-state index in [-0.39, 0.29) is 17.1 Å². The van der Waals surface area contributed by atoms with Crippen molar-refractivity contribution in [1.29, 1.82) is 0 Å². The zero-order valence-electron chi connectivity index (χ0n) is 18.2. The lowest BCUT2D eigenvalue weighted by atomic mass is 10.2. The first-order valence-electron chi connectivity index (χ1n) is 10.5. The van der Waals surface area contributed by atoms with Gasteiger partial charge in [0.05, 0.1) is 25.7 Å². The number of carbonyl (C=O) groups is 1. The number of methoxy groups -OCH3 is 1. The Balaban J connectivity index is 1.41. The lowest BCUT2D eigenvalue weighted by Crippen LogP contribution is -2.41. The Morgan fingerprint density at radius 1 is 1.09 bits per heavy atom. The summed E-state index contributed by atoms with van der Waals surface area (Å²) in [5, 5.41) is 3.33. The van der Waals surface area contributed by atoms with Gasteiger partial charge in [0.2, 0.25) is 11.2 Å². The number of amides is 1. The molecule has 1 saturated heterocycles. The lowest BCUT2D eigenvalue weighted by Gasteiger charge is -2.26. The van der Waals surface area contributed by atoms with Crippen molar-refractivity contribution >= 4 is 16.9 Å². The van der Waals surface area contributed by atoms with Gasteiger partial charge >= 0.3 is 0 Å². The van der Waals surface area contributed by atoms with Gasteiger partial charge in [0.25, 0.3) is 5.91 Å². The first kappa shape index (κ1) is 21.9. The molecule has 0 bridgehead atoms. The van der Waals surface area contributed by atoms with Crippen LogP contribution in [-0.4, -0.2) is 57.3 Å². The summed E-state index contributed by atoms with van der Waals surface area (Å²) in [6, 6.07) is 11.7. The maximum Gasteiger partial charge on any atom is 0.251 e. The molecule has 1 amide bonds. The summed E-state index contributed by atoms with van der Waals surface area (Å²) in [4.78, 5) is 27.5. The molecule has 4 rings (SSSR count). The second-order valence-electron chi connectivity index (χ2n) is 7.51. The van der Waals surface area contributed by atoms with Crippen molar-refractivity contribution in [1.82, 2.24) is 10.2 Å². The van der Waals surface area contributed by atoms with Gasteiger partial charge in [-0.2, -0.15) is 0 Å². The van der Waals surface area contributed by atoms with E-state index in [1.165, 1.54) is 0 Å². The minimum absolute atomic E-state index is 0.116. The van der Waals surface area contributed by atoms with Crippen LogP contribution in [0.5, 0.6) is 17.2 Å². The number of benzene rings is 2. The minimum Gasteiger partial charge on any atom is -0.497 e. The fourth-order valence-electron chi connectivity index (χ4n) is 3.56. The molecule has 0 spiro atoms. The average molecular weight is 438 g/mol. The molecule has 3 aromatic rings. The van der Waals surface area contributed by atoms with Crippen molar-refractivity contribution in [3.63, 3.8) is 0 Å². The smallest absolute Gasteiger partial charge is 0.251 e. The molecule has 0 atom stereocenters. The molecule has 168 valence electrons.